The summed E-state index contributed by atoms with van der Waals surface area (Å²) in [7, 11) is 1.57. The second-order valence-electron chi connectivity index (χ2n) is 6.45. The number of amides is 2. The number of rotatable bonds is 5. The van der Waals surface area contributed by atoms with Gasteiger partial charge in [-0.3, -0.25) is 14.6 Å². The molecule has 3 atom stereocenters. The molecule has 0 aromatic carbocycles. The van der Waals surface area contributed by atoms with Gasteiger partial charge in [0.1, 0.15) is 12.2 Å². The molecule has 9 heteroatoms. The van der Waals surface area contributed by atoms with E-state index in [1.165, 1.54) is 4.90 Å². The second kappa shape index (κ2) is 7.78. The third-order valence-electron chi connectivity index (χ3n) is 4.79. The number of piperidine rings is 1. The first-order valence-electron chi connectivity index (χ1n) is 8.15. The van der Waals surface area contributed by atoms with Crippen molar-refractivity contribution in [3.05, 3.63) is 0 Å². The minimum atomic E-state index is -1.35. The number of carboxylic acids is 1. The Morgan fingerprint density at radius 1 is 1.21 bits per heavy atom. The quantitative estimate of drug-likeness (QED) is 0.745. The number of carbonyl (C=O) groups excluding carboxylic acids is 1. The summed E-state index contributed by atoms with van der Waals surface area (Å²) in [6.07, 6.45) is -0.857. The molecule has 8 nitrogen and oxygen atoms in total. The highest BCUT2D eigenvalue weighted by atomic mass is 19.1. The average Bonchev–Trinajstić information content (AvgIpc) is 2.96. The van der Waals surface area contributed by atoms with E-state index in [-0.39, 0.29) is 12.5 Å². The zero-order chi connectivity index (χ0) is 17.9. The Kier molecular flexibility index (Phi) is 5.98. The molecule has 0 unspecified atom stereocenters. The molecule has 0 radical (unpaired) electrons. The molecule has 2 aliphatic rings. The Hall–Kier alpha value is -1.90. The predicted octanol–water partition coefficient (Wildman–Crippen LogP) is 0.332. The highest BCUT2D eigenvalue weighted by Gasteiger charge is 2.44. The Morgan fingerprint density at radius 3 is 2.46 bits per heavy atom. The minimum absolute atomic E-state index is 0.117. The smallest absolute Gasteiger partial charge is 0.408 e. The first-order chi connectivity index (χ1) is 11.3. The van der Waals surface area contributed by atoms with Crippen LogP contribution >= 0.6 is 0 Å². The van der Waals surface area contributed by atoms with Crippen LogP contribution in [0.4, 0.5) is 9.18 Å². The van der Waals surface area contributed by atoms with E-state index in [2.05, 4.69) is 0 Å². The number of likely N-dealkylation sites (N-methyl/N-ethyl adjacent to an activating group) is 1. The Morgan fingerprint density at radius 2 is 1.92 bits per heavy atom. The summed E-state index contributed by atoms with van der Waals surface area (Å²) in [5.74, 6) is -2.56. The second-order valence-corrected chi connectivity index (χ2v) is 6.45. The maximum absolute atomic E-state index is 13.2. The van der Waals surface area contributed by atoms with E-state index in [4.69, 9.17) is 5.11 Å². The molecule has 24 heavy (non-hydrogen) atoms. The molecule has 0 aromatic rings. The van der Waals surface area contributed by atoms with Gasteiger partial charge in [0.15, 0.2) is 0 Å². The average molecular weight is 345 g/mol. The number of halogens is 1. The molecule has 2 aliphatic heterocycles. The van der Waals surface area contributed by atoms with Gasteiger partial charge in [0.05, 0.1) is 5.92 Å². The van der Waals surface area contributed by atoms with Crippen molar-refractivity contribution in [3.8, 4) is 0 Å². The summed E-state index contributed by atoms with van der Waals surface area (Å²) in [6.45, 7) is 2.01. The van der Waals surface area contributed by atoms with E-state index >= 15 is 0 Å². The Labute approximate surface area is 139 Å². The van der Waals surface area contributed by atoms with Gasteiger partial charge in [-0.15, -0.1) is 0 Å². The van der Waals surface area contributed by atoms with E-state index in [1.54, 1.807) is 7.05 Å². The lowest BCUT2D eigenvalue weighted by atomic mass is 9.88. The van der Waals surface area contributed by atoms with Crippen LogP contribution in [0.1, 0.15) is 19.3 Å². The SMILES string of the molecule is CN(CCN1CC[C@H](F)C1)C(=O)[C@H]1CCCN(C(=O)O)[C@H]1C(=O)O. The van der Waals surface area contributed by atoms with Crippen molar-refractivity contribution in [2.75, 3.05) is 39.8 Å². The molecule has 2 saturated heterocycles. The lowest BCUT2D eigenvalue weighted by molar-refractivity contribution is -0.153. The van der Waals surface area contributed by atoms with Crippen LogP contribution in [0.5, 0.6) is 0 Å². The monoisotopic (exact) mass is 345 g/mol. The van der Waals surface area contributed by atoms with Crippen molar-refractivity contribution in [1.29, 1.82) is 0 Å². The lowest BCUT2D eigenvalue weighted by Gasteiger charge is -2.37. The highest BCUT2D eigenvalue weighted by molar-refractivity contribution is 5.89. The van der Waals surface area contributed by atoms with E-state index in [9.17, 15) is 23.9 Å². The summed E-state index contributed by atoms with van der Waals surface area (Å²) in [5, 5.41) is 18.5. The van der Waals surface area contributed by atoms with Gasteiger partial charge in [-0.1, -0.05) is 0 Å². The van der Waals surface area contributed by atoms with Crippen LogP contribution < -0.4 is 0 Å². The summed E-state index contributed by atoms with van der Waals surface area (Å²) in [5.41, 5.74) is 0. The van der Waals surface area contributed by atoms with Crippen LogP contribution in [0.2, 0.25) is 0 Å². The molecule has 136 valence electrons. The van der Waals surface area contributed by atoms with Crippen LogP contribution in [0.15, 0.2) is 0 Å². The molecule has 2 rings (SSSR count). The van der Waals surface area contributed by atoms with Crippen LogP contribution in [0.25, 0.3) is 0 Å². The maximum Gasteiger partial charge on any atom is 0.408 e. The van der Waals surface area contributed by atoms with E-state index < -0.39 is 30.2 Å². The molecule has 0 bridgehead atoms. The molecule has 0 aliphatic carbocycles. The van der Waals surface area contributed by atoms with E-state index in [1.807, 2.05) is 4.90 Å². The van der Waals surface area contributed by atoms with Crippen molar-refractivity contribution < 1.29 is 29.0 Å². The zero-order valence-corrected chi connectivity index (χ0v) is 13.7. The molecule has 2 heterocycles. The van der Waals surface area contributed by atoms with Crippen molar-refractivity contribution in [2.45, 2.75) is 31.5 Å². The van der Waals surface area contributed by atoms with Gasteiger partial charge in [-0.2, -0.15) is 0 Å². The topological polar surface area (TPSA) is 101 Å². The first kappa shape index (κ1) is 18.4. The van der Waals surface area contributed by atoms with Gasteiger partial charge in [0.25, 0.3) is 0 Å². The maximum atomic E-state index is 13.2. The van der Waals surface area contributed by atoms with Gasteiger partial charge >= 0.3 is 12.1 Å². The number of carboxylic acid groups (broad SMARTS) is 2. The largest absolute Gasteiger partial charge is 0.480 e. The summed E-state index contributed by atoms with van der Waals surface area (Å²) >= 11 is 0. The molecule has 2 amide bonds. The Balaban J connectivity index is 1.97. The summed E-state index contributed by atoms with van der Waals surface area (Å²) < 4.78 is 13.2. The molecular formula is C15H24FN3O5. The van der Waals surface area contributed by atoms with Crippen molar-refractivity contribution in [2.24, 2.45) is 5.92 Å². The van der Waals surface area contributed by atoms with Gasteiger partial charge in [0.2, 0.25) is 5.91 Å². The first-order valence-corrected chi connectivity index (χ1v) is 8.15. The molecule has 0 aromatic heterocycles. The minimum Gasteiger partial charge on any atom is -0.480 e. The van der Waals surface area contributed by atoms with Crippen molar-refractivity contribution in [1.82, 2.24) is 14.7 Å². The van der Waals surface area contributed by atoms with Crippen LogP contribution in [0.3, 0.4) is 0 Å². The molecular weight excluding hydrogens is 321 g/mol. The van der Waals surface area contributed by atoms with Crippen LogP contribution in [-0.4, -0.2) is 94.9 Å². The number of hydrogen-bond acceptors (Lipinski definition) is 4. The normalized spacial score (nSPS) is 27.9. The highest BCUT2D eigenvalue weighted by Crippen LogP contribution is 2.26. The number of aliphatic carboxylic acids is 1. The third kappa shape index (κ3) is 4.14. The fourth-order valence-corrected chi connectivity index (χ4v) is 3.45. The molecule has 0 saturated carbocycles. The lowest BCUT2D eigenvalue weighted by Crippen LogP contribution is -2.56. The third-order valence-corrected chi connectivity index (χ3v) is 4.79. The van der Waals surface area contributed by atoms with Crippen LogP contribution in [-0.2, 0) is 9.59 Å². The van der Waals surface area contributed by atoms with Gasteiger partial charge in [0, 0.05) is 39.8 Å². The standard InChI is InChI=1S/C15H24FN3O5/c1-17(7-8-18-6-4-10(16)9-18)13(20)11-3-2-5-19(15(23)24)12(11)14(21)22/h10-12H,2-9H2,1H3,(H,21,22)(H,23,24)/t10-,11-,12+/m0/s1. The van der Waals surface area contributed by atoms with Gasteiger partial charge in [-0.05, 0) is 19.3 Å². The van der Waals surface area contributed by atoms with E-state index in [0.717, 1.165) is 4.90 Å². The van der Waals surface area contributed by atoms with Gasteiger partial charge in [-0.25, -0.2) is 14.0 Å². The number of hydrogen-bond donors (Lipinski definition) is 2. The number of likely N-dealkylation sites (tertiary alicyclic amines) is 2. The molecule has 0 spiro atoms. The van der Waals surface area contributed by atoms with Crippen LogP contribution in [0, 0.1) is 5.92 Å². The zero-order valence-electron chi connectivity index (χ0n) is 13.7. The van der Waals surface area contributed by atoms with Crippen molar-refractivity contribution >= 4 is 18.0 Å². The molecule has 2 fully saturated rings. The summed E-state index contributed by atoms with van der Waals surface area (Å²) in [4.78, 5) is 39.5. The fraction of sp³-hybridized carbons (Fsp3) is 0.800. The number of alkyl halides is 1. The Bertz CT molecular complexity index is 504. The van der Waals surface area contributed by atoms with Crippen molar-refractivity contribution in [3.63, 3.8) is 0 Å². The number of carbonyl (C=O) groups is 3. The predicted molar refractivity (Wildman–Crippen MR) is 82.5 cm³/mol. The molecule has 2 N–H and O–H groups in total. The van der Waals surface area contributed by atoms with E-state index in [0.29, 0.717) is 45.4 Å². The number of nitrogens with zero attached hydrogens (tertiary/aromatic N) is 3. The fourth-order valence-electron chi connectivity index (χ4n) is 3.45. The summed E-state index contributed by atoms with van der Waals surface area (Å²) in [6, 6.07) is -1.35. The van der Waals surface area contributed by atoms with Gasteiger partial charge < -0.3 is 15.1 Å².